The van der Waals surface area contributed by atoms with Crippen molar-refractivity contribution >= 4 is 79.3 Å². The Morgan fingerprint density at radius 2 is 1.41 bits per heavy atom. The van der Waals surface area contributed by atoms with Gasteiger partial charge in [-0.05, 0) is 48.5 Å². The molecule has 15 heteroatoms. The molecule has 0 bridgehead atoms. The Hall–Kier alpha value is -2.77. The predicted octanol–water partition coefficient (Wildman–Crippen LogP) is 6.34. The second-order valence-corrected chi connectivity index (χ2v) is 13.2. The Bertz CT molecular complexity index is 1430. The van der Waals surface area contributed by atoms with Crippen LogP contribution in [0.25, 0.3) is 0 Å². The highest BCUT2D eigenvalue weighted by Gasteiger charge is 2.47. The van der Waals surface area contributed by atoms with Gasteiger partial charge in [0.05, 0.1) is 22.2 Å². The molecule has 220 valence electrons. The number of carbonyl (C=O) groups is 1. The first-order valence-electron chi connectivity index (χ1n) is 11.9. The van der Waals surface area contributed by atoms with Crippen LogP contribution in [0.2, 0.25) is 0 Å². The molecular formula is C26H24Cl3F3N4O3S2. The van der Waals surface area contributed by atoms with Crippen molar-refractivity contribution < 1.29 is 26.4 Å². The molecule has 3 rings (SSSR count). The highest BCUT2D eigenvalue weighted by Crippen LogP contribution is 2.35. The number of amides is 1. The van der Waals surface area contributed by atoms with Gasteiger partial charge in [0.15, 0.2) is 5.11 Å². The number of thiocarbonyl (C=S) groups is 1. The lowest BCUT2D eigenvalue weighted by atomic mass is 9.90. The Morgan fingerprint density at radius 3 is 1.88 bits per heavy atom. The van der Waals surface area contributed by atoms with Crippen molar-refractivity contribution in [3.8, 4) is 0 Å². The van der Waals surface area contributed by atoms with Gasteiger partial charge in [-0.25, -0.2) is 8.42 Å². The average Bonchev–Trinajstić information content (AvgIpc) is 2.89. The summed E-state index contributed by atoms with van der Waals surface area (Å²) in [5.74, 6) is -1.33. The smallest absolute Gasteiger partial charge is 0.384 e. The van der Waals surface area contributed by atoms with Crippen molar-refractivity contribution in [2.45, 2.75) is 33.2 Å². The molecule has 3 aromatic rings. The summed E-state index contributed by atoms with van der Waals surface area (Å²) in [6.07, 6.45) is -1.42. The van der Waals surface area contributed by atoms with Gasteiger partial charge in [-0.3, -0.25) is 4.79 Å². The standard InChI is InChI=1S/C26H24Cl3F3N4O3S2/c1-2-33-19-14-13-18(41(38,39)26(30,31)32)15-20(19)34-24(40)36-23(25(27,28)29)35-22(37)21(16-9-5-3-6-10-16)17-11-7-4-8-12-17/h3-15,21,23,33H,2H2,1H3,(H,35,37)(H2,34,36,40). The van der Waals surface area contributed by atoms with E-state index in [1.807, 2.05) is 0 Å². The van der Waals surface area contributed by atoms with Gasteiger partial charge in [0.2, 0.25) is 9.70 Å². The van der Waals surface area contributed by atoms with E-state index in [1.165, 1.54) is 0 Å². The first-order chi connectivity index (χ1) is 19.1. The number of carbonyl (C=O) groups excluding carboxylic acids is 1. The Kier molecular flexibility index (Phi) is 10.8. The predicted molar refractivity (Wildman–Crippen MR) is 160 cm³/mol. The lowest BCUT2D eigenvalue weighted by Gasteiger charge is -2.30. The number of hydrogen-bond acceptors (Lipinski definition) is 5. The van der Waals surface area contributed by atoms with Gasteiger partial charge in [-0.1, -0.05) is 95.5 Å². The third kappa shape index (κ3) is 8.39. The summed E-state index contributed by atoms with van der Waals surface area (Å²) in [5, 5.41) is 10.5. The molecule has 4 N–H and O–H groups in total. The summed E-state index contributed by atoms with van der Waals surface area (Å²) in [6.45, 7) is 2.08. The first-order valence-corrected chi connectivity index (χ1v) is 14.9. The molecule has 1 unspecified atom stereocenters. The van der Waals surface area contributed by atoms with Gasteiger partial charge < -0.3 is 21.3 Å². The number of anilines is 2. The van der Waals surface area contributed by atoms with Crippen LogP contribution < -0.4 is 21.3 Å². The highest BCUT2D eigenvalue weighted by atomic mass is 35.6. The Morgan fingerprint density at radius 1 is 0.878 bits per heavy atom. The lowest BCUT2D eigenvalue weighted by molar-refractivity contribution is -0.122. The van der Waals surface area contributed by atoms with E-state index >= 15 is 0 Å². The maximum Gasteiger partial charge on any atom is 0.501 e. The van der Waals surface area contributed by atoms with E-state index in [1.54, 1.807) is 67.6 Å². The van der Waals surface area contributed by atoms with Crippen LogP contribution in [-0.4, -0.2) is 41.4 Å². The molecule has 41 heavy (non-hydrogen) atoms. The maximum absolute atomic E-state index is 13.6. The molecule has 0 spiro atoms. The number of hydrogen-bond donors (Lipinski definition) is 4. The van der Waals surface area contributed by atoms with E-state index in [-0.39, 0.29) is 16.5 Å². The fourth-order valence-corrected chi connectivity index (χ4v) is 5.12. The Labute approximate surface area is 255 Å². The summed E-state index contributed by atoms with van der Waals surface area (Å²) < 4.78 is 61.2. The molecule has 0 aliphatic carbocycles. The van der Waals surface area contributed by atoms with E-state index in [2.05, 4.69) is 21.3 Å². The molecule has 3 aromatic carbocycles. The van der Waals surface area contributed by atoms with Gasteiger partial charge in [-0.15, -0.1) is 0 Å². The fraction of sp³-hybridized carbons (Fsp3) is 0.231. The van der Waals surface area contributed by atoms with Gasteiger partial charge >= 0.3 is 5.51 Å². The van der Waals surface area contributed by atoms with E-state index in [0.717, 1.165) is 18.2 Å². The third-order valence-electron chi connectivity index (χ3n) is 5.64. The monoisotopic (exact) mass is 666 g/mol. The van der Waals surface area contributed by atoms with Gasteiger partial charge in [0, 0.05) is 6.54 Å². The van der Waals surface area contributed by atoms with Crippen LogP contribution in [0.5, 0.6) is 0 Å². The van der Waals surface area contributed by atoms with Crippen molar-refractivity contribution in [3.63, 3.8) is 0 Å². The second kappa shape index (κ2) is 13.5. The van der Waals surface area contributed by atoms with Crippen LogP contribution in [0.4, 0.5) is 24.5 Å². The van der Waals surface area contributed by atoms with Gasteiger partial charge in [-0.2, -0.15) is 13.2 Å². The Balaban J connectivity index is 1.88. The molecule has 0 heterocycles. The minimum absolute atomic E-state index is 0.101. The van der Waals surface area contributed by atoms with Crippen LogP contribution in [0.1, 0.15) is 24.0 Å². The number of benzene rings is 3. The molecular weight excluding hydrogens is 644 g/mol. The van der Waals surface area contributed by atoms with E-state index in [9.17, 15) is 26.4 Å². The summed E-state index contributed by atoms with van der Waals surface area (Å²) in [6, 6.07) is 20.5. The van der Waals surface area contributed by atoms with Gasteiger partial charge in [0.25, 0.3) is 9.84 Å². The zero-order valence-corrected chi connectivity index (χ0v) is 25.1. The second-order valence-electron chi connectivity index (χ2n) is 8.52. The maximum atomic E-state index is 13.6. The molecule has 1 amide bonds. The summed E-state index contributed by atoms with van der Waals surface area (Å²) in [7, 11) is -5.64. The summed E-state index contributed by atoms with van der Waals surface area (Å²) in [4.78, 5) is 12.6. The normalized spacial score (nSPS) is 12.9. The zero-order valence-electron chi connectivity index (χ0n) is 21.2. The minimum Gasteiger partial charge on any atom is -0.384 e. The number of rotatable bonds is 9. The molecule has 1 atom stereocenters. The average molecular weight is 668 g/mol. The first kappa shape index (κ1) is 32.7. The minimum atomic E-state index is -5.64. The highest BCUT2D eigenvalue weighted by molar-refractivity contribution is 7.92. The lowest BCUT2D eigenvalue weighted by Crippen LogP contribution is -2.57. The SMILES string of the molecule is CCNc1ccc(S(=O)(=O)C(F)(F)F)cc1NC(=S)NC(NC(=O)C(c1ccccc1)c1ccccc1)C(Cl)(Cl)Cl. The molecule has 0 aromatic heterocycles. The summed E-state index contributed by atoms with van der Waals surface area (Å²) >= 11 is 23.8. The molecule has 0 fully saturated rings. The van der Waals surface area contributed by atoms with Crippen LogP contribution in [-0.2, 0) is 14.6 Å². The fourth-order valence-electron chi connectivity index (χ4n) is 3.77. The van der Waals surface area contributed by atoms with Gasteiger partial charge in [0.1, 0.15) is 6.17 Å². The van der Waals surface area contributed by atoms with Crippen molar-refractivity contribution in [1.29, 1.82) is 0 Å². The van der Waals surface area contributed by atoms with Crippen LogP contribution >= 0.6 is 47.0 Å². The van der Waals surface area contributed by atoms with Crippen LogP contribution in [0.15, 0.2) is 83.8 Å². The molecule has 0 radical (unpaired) electrons. The summed E-state index contributed by atoms with van der Waals surface area (Å²) in [5.41, 5.74) is -4.03. The van der Waals surface area contributed by atoms with Crippen molar-refractivity contribution in [3.05, 3.63) is 90.0 Å². The van der Waals surface area contributed by atoms with Crippen LogP contribution in [0.3, 0.4) is 0 Å². The number of nitrogens with one attached hydrogen (secondary N) is 4. The largest absolute Gasteiger partial charge is 0.501 e. The number of sulfone groups is 1. The van der Waals surface area contributed by atoms with Crippen molar-refractivity contribution in [1.82, 2.24) is 10.6 Å². The third-order valence-corrected chi connectivity index (χ3v) is 8.00. The van der Waals surface area contributed by atoms with Crippen molar-refractivity contribution in [2.75, 3.05) is 17.2 Å². The molecule has 7 nitrogen and oxygen atoms in total. The van der Waals surface area contributed by atoms with Crippen molar-refractivity contribution in [2.24, 2.45) is 0 Å². The zero-order chi connectivity index (χ0) is 30.4. The topological polar surface area (TPSA) is 99.3 Å². The van der Waals surface area contributed by atoms with Crippen LogP contribution in [0, 0.1) is 0 Å². The van der Waals surface area contributed by atoms with E-state index in [4.69, 9.17) is 47.0 Å². The molecule has 0 saturated heterocycles. The molecule has 0 aliphatic heterocycles. The molecule has 0 aliphatic rings. The number of alkyl halides is 6. The number of halogens is 6. The van der Waals surface area contributed by atoms with E-state index < -0.39 is 42.0 Å². The van der Waals surface area contributed by atoms with E-state index in [0.29, 0.717) is 17.7 Å². The quantitative estimate of drug-likeness (QED) is 0.120. The molecule has 0 saturated carbocycles.